The average molecular weight is 319 g/mol. The molecule has 0 spiro atoms. The number of hydrogen-bond donors (Lipinski definition) is 1. The zero-order valence-corrected chi connectivity index (χ0v) is 13.2. The summed E-state index contributed by atoms with van der Waals surface area (Å²) in [5.41, 5.74) is 2.78. The number of nitrogens with one attached hydrogen (secondary N) is 1. The van der Waals surface area contributed by atoms with Crippen LogP contribution in [0.25, 0.3) is 0 Å². The summed E-state index contributed by atoms with van der Waals surface area (Å²) < 4.78 is 32.7. The summed E-state index contributed by atoms with van der Waals surface area (Å²) in [4.78, 5) is 6.11. The molecule has 6 nitrogen and oxygen atoms in total. The number of hydrogen-bond acceptors (Lipinski definition) is 5. The zero-order valence-electron chi connectivity index (χ0n) is 12.4. The van der Waals surface area contributed by atoms with Gasteiger partial charge in [-0.2, -0.15) is 0 Å². The maximum Gasteiger partial charge on any atom is 0.263 e. The summed E-state index contributed by atoms with van der Waals surface area (Å²) in [7, 11) is -0.219. The van der Waals surface area contributed by atoms with E-state index < -0.39 is 10.0 Å². The Hall–Kier alpha value is -2.12. The van der Waals surface area contributed by atoms with Crippen molar-refractivity contribution >= 4 is 15.7 Å². The predicted molar refractivity (Wildman–Crippen MR) is 83.2 cm³/mol. The van der Waals surface area contributed by atoms with Crippen molar-refractivity contribution in [2.75, 3.05) is 18.9 Å². The summed E-state index contributed by atoms with van der Waals surface area (Å²) >= 11 is 0. The number of anilines is 1. The molecular formula is C15H17N3O3S. The second kappa shape index (κ2) is 5.58. The van der Waals surface area contributed by atoms with Gasteiger partial charge in [-0.15, -0.1) is 0 Å². The Bertz CT molecular complexity index is 805. The third-order valence-electron chi connectivity index (χ3n) is 3.62. The van der Waals surface area contributed by atoms with E-state index in [4.69, 9.17) is 4.74 Å². The molecule has 0 amide bonds. The van der Waals surface area contributed by atoms with Crippen molar-refractivity contribution in [3.63, 3.8) is 0 Å². The van der Waals surface area contributed by atoms with E-state index in [1.807, 2.05) is 19.2 Å². The second-order valence-electron chi connectivity index (χ2n) is 5.28. The van der Waals surface area contributed by atoms with E-state index in [1.165, 1.54) is 25.6 Å². The van der Waals surface area contributed by atoms with Gasteiger partial charge in [0, 0.05) is 25.4 Å². The number of sulfonamides is 1. The minimum Gasteiger partial charge on any atom is -0.495 e. The lowest BCUT2D eigenvalue weighted by Gasteiger charge is -2.12. The van der Waals surface area contributed by atoms with Crippen LogP contribution in [0.15, 0.2) is 41.6 Å². The van der Waals surface area contributed by atoms with Gasteiger partial charge in [0.1, 0.15) is 10.6 Å². The molecule has 0 aliphatic carbocycles. The Kier molecular flexibility index (Phi) is 3.76. The Morgan fingerprint density at radius 1 is 1.27 bits per heavy atom. The molecule has 1 N–H and O–H groups in total. The van der Waals surface area contributed by atoms with Crippen LogP contribution in [0.4, 0.5) is 5.69 Å². The van der Waals surface area contributed by atoms with Crippen LogP contribution in [-0.4, -0.2) is 32.5 Å². The third-order valence-corrected chi connectivity index (χ3v) is 4.95. The van der Waals surface area contributed by atoms with Gasteiger partial charge in [0.15, 0.2) is 0 Å². The minimum atomic E-state index is -3.70. The number of benzene rings is 1. The van der Waals surface area contributed by atoms with Crippen molar-refractivity contribution in [2.45, 2.75) is 18.0 Å². The van der Waals surface area contributed by atoms with E-state index in [1.54, 1.807) is 6.07 Å². The van der Waals surface area contributed by atoms with Crippen LogP contribution < -0.4 is 9.46 Å². The lowest BCUT2D eigenvalue weighted by Crippen LogP contribution is -2.15. The van der Waals surface area contributed by atoms with Gasteiger partial charge in [0.25, 0.3) is 10.0 Å². The van der Waals surface area contributed by atoms with E-state index in [0.717, 1.165) is 24.2 Å². The quantitative estimate of drug-likeness (QED) is 0.931. The standard InChI is InChI=1S/C15H17N3O3S/c1-18-9-11-4-3-5-15(14(11)10-18)17-22(19,20)13-6-12(21-2)7-16-8-13/h3-8,17H,9-10H2,1-2H3. The van der Waals surface area contributed by atoms with Crippen LogP contribution >= 0.6 is 0 Å². The largest absolute Gasteiger partial charge is 0.495 e. The van der Waals surface area contributed by atoms with Crippen molar-refractivity contribution in [3.8, 4) is 5.75 Å². The van der Waals surface area contributed by atoms with E-state index in [2.05, 4.69) is 14.6 Å². The van der Waals surface area contributed by atoms with Crippen molar-refractivity contribution in [1.82, 2.24) is 9.88 Å². The topological polar surface area (TPSA) is 71.5 Å². The fourth-order valence-electron chi connectivity index (χ4n) is 2.54. The van der Waals surface area contributed by atoms with Crippen molar-refractivity contribution in [1.29, 1.82) is 0 Å². The molecule has 2 heterocycles. The number of rotatable bonds is 4. The number of pyridine rings is 1. The highest BCUT2D eigenvalue weighted by atomic mass is 32.2. The van der Waals surface area contributed by atoms with Gasteiger partial charge in [0.2, 0.25) is 0 Å². The smallest absolute Gasteiger partial charge is 0.263 e. The first kappa shape index (κ1) is 14.8. The molecule has 1 aliphatic heterocycles. The second-order valence-corrected chi connectivity index (χ2v) is 6.96. The summed E-state index contributed by atoms with van der Waals surface area (Å²) in [6.45, 7) is 1.55. The number of methoxy groups -OCH3 is 1. The molecule has 0 fully saturated rings. The lowest BCUT2D eigenvalue weighted by molar-refractivity contribution is 0.353. The highest BCUT2D eigenvalue weighted by Crippen LogP contribution is 2.30. The molecule has 1 aromatic heterocycles. The Morgan fingerprint density at radius 2 is 2.09 bits per heavy atom. The van der Waals surface area contributed by atoms with Crippen LogP contribution in [0.1, 0.15) is 11.1 Å². The van der Waals surface area contributed by atoms with Crippen LogP contribution in [-0.2, 0) is 23.1 Å². The first-order valence-corrected chi connectivity index (χ1v) is 8.29. The number of fused-ring (bicyclic) bond motifs is 1. The number of ether oxygens (including phenoxy) is 1. The van der Waals surface area contributed by atoms with Gasteiger partial charge in [-0.1, -0.05) is 12.1 Å². The highest BCUT2D eigenvalue weighted by molar-refractivity contribution is 7.92. The molecule has 0 saturated heterocycles. The van der Waals surface area contributed by atoms with Crippen LogP contribution in [0.3, 0.4) is 0 Å². The Labute approximate surface area is 129 Å². The number of aromatic nitrogens is 1. The molecule has 0 atom stereocenters. The summed E-state index contributed by atoms with van der Waals surface area (Å²) in [5, 5.41) is 0. The molecule has 3 rings (SSSR count). The zero-order chi connectivity index (χ0) is 15.7. The molecular weight excluding hydrogens is 302 g/mol. The molecule has 0 saturated carbocycles. The normalized spacial score (nSPS) is 14.6. The molecule has 22 heavy (non-hydrogen) atoms. The Morgan fingerprint density at radius 3 is 2.86 bits per heavy atom. The monoisotopic (exact) mass is 319 g/mol. The van der Waals surface area contributed by atoms with Gasteiger partial charge in [-0.3, -0.25) is 14.6 Å². The molecule has 116 valence electrons. The fourth-order valence-corrected chi connectivity index (χ4v) is 3.61. The van der Waals surface area contributed by atoms with E-state index in [-0.39, 0.29) is 4.90 Å². The SMILES string of the molecule is COc1cncc(S(=O)(=O)Nc2cccc3c2CN(C)C3)c1. The summed E-state index contributed by atoms with van der Waals surface area (Å²) in [5.74, 6) is 0.404. The fraction of sp³-hybridized carbons (Fsp3) is 0.267. The first-order valence-electron chi connectivity index (χ1n) is 6.81. The summed E-state index contributed by atoms with van der Waals surface area (Å²) in [6.07, 6.45) is 2.77. The van der Waals surface area contributed by atoms with Gasteiger partial charge in [-0.05, 0) is 24.2 Å². The molecule has 0 radical (unpaired) electrons. The van der Waals surface area contributed by atoms with Gasteiger partial charge in [0.05, 0.1) is 19.0 Å². The maximum absolute atomic E-state index is 12.5. The van der Waals surface area contributed by atoms with Gasteiger partial charge in [-0.25, -0.2) is 8.42 Å². The lowest BCUT2D eigenvalue weighted by atomic mass is 10.1. The number of nitrogens with zero attached hydrogens (tertiary/aromatic N) is 2. The van der Waals surface area contributed by atoms with Gasteiger partial charge >= 0.3 is 0 Å². The van der Waals surface area contributed by atoms with Gasteiger partial charge < -0.3 is 4.74 Å². The molecule has 1 aliphatic rings. The van der Waals surface area contributed by atoms with Crippen LogP contribution in [0.2, 0.25) is 0 Å². The van der Waals surface area contributed by atoms with Crippen LogP contribution in [0, 0.1) is 0 Å². The van der Waals surface area contributed by atoms with Crippen molar-refractivity contribution in [3.05, 3.63) is 47.8 Å². The predicted octanol–water partition coefficient (Wildman–Crippen LogP) is 1.84. The molecule has 7 heteroatoms. The third kappa shape index (κ3) is 2.77. The molecule has 2 aromatic rings. The summed E-state index contributed by atoms with van der Waals surface area (Å²) in [6, 6.07) is 7.11. The molecule has 0 bridgehead atoms. The van der Waals surface area contributed by atoms with E-state index in [9.17, 15) is 8.42 Å². The Balaban J connectivity index is 1.94. The maximum atomic E-state index is 12.5. The highest BCUT2D eigenvalue weighted by Gasteiger charge is 2.22. The van der Waals surface area contributed by atoms with Crippen molar-refractivity contribution < 1.29 is 13.2 Å². The van der Waals surface area contributed by atoms with E-state index in [0.29, 0.717) is 11.4 Å². The van der Waals surface area contributed by atoms with Crippen LogP contribution in [0.5, 0.6) is 5.75 Å². The van der Waals surface area contributed by atoms with E-state index >= 15 is 0 Å². The molecule has 0 unspecified atom stereocenters. The first-order chi connectivity index (χ1) is 10.5. The average Bonchev–Trinajstić information content (AvgIpc) is 2.88. The minimum absolute atomic E-state index is 0.0794. The molecule has 1 aromatic carbocycles. The van der Waals surface area contributed by atoms with Crippen molar-refractivity contribution in [2.24, 2.45) is 0 Å².